The number of aromatic nitrogens is 1. The average Bonchev–Trinajstić information content (AvgIpc) is 3.39. The van der Waals surface area contributed by atoms with Gasteiger partial charge in [0.1, 0.15) is 5.82 Å². The van der Waals surface area contributed by atoms with E-state index in [0.29, 0.717) is 0 Å². The molecule has 2 aliphatic heterocycles. The van der Waals surface area contributed by atoms with Crippen LogP contribution in [0.1, 0.15) is 16.7 Å². The highest BCUT2D eigenvalue weighted by Gasteiger charge is 2.46. The lowest BCUT2D eigenvalue weighted by atomic mass is 9.95. The molecule has 1 unspecified atom stereocenters. The zero-order valence-corrected chi connectivity index (χ0v) is 28.5. The molecule has 0 spiro atoms. The quantitative estimate of drug-likeness (QED) is 0.175. The highest BCUT2D eigenvalue weighted by molar-refractivity contribution is 7.88. The number of hydrogen-bond donors (Lipinski definition) is 0. The minimum Gasteiger partial charge on any atom is -0.309 e. The van der Waals surface area contributed by atoms with E-state index in [-0.39, 0.29) is 0 Å². The van der Waals surface area contributed by atoms with Crippen molar-refractivity contribution in [3.8, 4) is 22.4 Å². The van der Waals surface area contributed by atoms with E-state index in [1.165, 1.54) is 0 Å². The molecule has 0 fully saturated rings. The second kappa shape index (κ2) is 11.7. The van der Waals surface area contributed by atoms with Crippen LogP contribution < -0.4 is 15.5 Å². The van der Waals surface area contributed by atoms with Crippen LogP contribution in [0.2, 0.25) is 0 Å². The van der Waals surface area contributed by atoms with E-state index in [9.17, 15) is 0 Å². The molecule has 51 heavy (non-hydrogen) atoms. The maximum atomic E-state index is 16.4. The number of para-hydroxylation sites is 2. The number of benzene rings is 7. The first-order chi connectivity index (χ1) is 25.2. The lowest BCUT2D eigenvalue weighted by Gasteiger charge is -2.29. The molecule has 0 saturated heterocycles. The topological polar surface area (TPSA) is 33.2 Å². The fourth-order valence-electron chi connectivity index (χ4n) is 7.89. The van der Waals surface area contributed by atoms with Gasteiger partial charge in [0.2, 0.25) is 0 Å². The number of anilines is 3. The smallest absolute Gasteiger partial charge is 0.172 e. The Kier molecular flexibility index (Phi) is 6.77. The summed E-state index contributed by atoms with van der Waals surface area (Å²) in [6, 6.07) is 65.1. The first-order valence-electron chi connectivity index (χ1n) is 17.2. The lowest BCUT2D eigenvalue weighted by Crippen LogP contribution is -2.18. The Labute approximate surface area is 297 Å². The predicted octanol–water partition coefficient (Wildman–Crippen LogP) is 11.6. The molecule has 7 aromatic carbocycles. The number of rotatable bonds is 4. The minimum atomic E-state index is -3.36. The second-order valence-electron chi connectivity index (χ2n) is 13.1. The van der Waals surface area contributed by atoms with Gasteiger partial charge in [-0.2, -0.15) is 0 Å². The molecular weight excluding hydrogens is 640 g/mol. The Bertz CT molecular complexity index is 2680. The Morgan fingerprint density at radius 2 is 1.04 bits per heavy atom. The molecule has 3 nitrogen and oxygen atoms in total. The van der Waals surface area contributed by atoms with Gasteiger partial charge in [-0.25, -0.2) is 4.98 Å². The molecule has 0 N–H and O–H groups in total. The Hall–Kier alpha value is -6.28. The van der Waals surface area contributed by atoms with Crippen LogP contribution in [0.15, 0.2) is 188 Å². The number of pyridine rings is 1. The van der Waals surface area contributed by atoms with Gasteiger partial charge in [0.25, 0.3) is 0 Å². The molecule has 1 atom stereocenters. The SMILES string of the molecule is O=P1(c2ccc3ccccc3c2)C2=C(c3ccccc3N(c3cc(-c4ccccc4)cc(-c4ccccc4)n3)c3ccccc32)c2ccccc21. The third kappa shape index (κ3) is 4.59. The first kappa shape index (κ1) is 29.6. The van der Waals surface area contributed by atoms with Crippen molar-refractivity contribution in [2.45, 2.75) is 0 Å². The van der Waals surface area contributed by atoms with Crippen LogP contribution in [-0.4, -0.2) is 4.98 Å². The predicted molar refractivity (Wildman–Crippen MR) is 213 cm³/mol. The highest BCUT2D eigenvalue weighted by atomic mass is 31.2. The van der Waals surface area contributed by atoms with Crippen molar-refractivity contribution in [3.63, 3.8) is 0 Å². The van der Waals surface area contributed by atoms with Crippen LogP contribution >= 0.6 is 7.14 Å². The normalized spacial score (nSPS) is 15.9. The maximum absolute atomic E-state index is 16.4. The Morgan fingerprint density at radius 1 is 0.451 bits per heavy atom. The molecule has 0 amide bonds. The van der Waals surface area contributed by atoms with Crippen molar-refractivity contribution in [2.24, 2.45) is 0 Å². The molecule has 4 heteroatoms. The summed E-state index contributed by atoms with van der Waals surface area (Å²) in [7, 11) is -3.36. The van der Waals surface area contributed by atoms with E-state index in [0.717, 1.165) is 88.5 Å². The third-order valence-corrected chi connectivity index (χ3v) is 13.4. The fourth-order valence-corrected chi connectivity index (χ4v) is 11.2. The molecule has 0 bridgehead atoms. The van der Waals surface area contributed by atoms with Gasteiger partial charge in [0, 0.05) is 38.2 Å². The summed E-state index contributed by atoms with van der Waals surface area (Å²) in [6.45, 7) is 0. The summed E-state index contributed by atoms with van der Waals surface area (Å²) in [5.74, 6) is 0.796. The molecule has 240 valence electrons. The molecule has 2 aliphatic rings. The van der Waals surface area contributed by atoms with Gasteiger partial charge in [-0.1, -0.05) is 158 Å². The number of fused-ring (bicyclic) bond motifs is 7. The molecule has 0 radical (unpaired) electrons. The van der Waals surface area contributed by atoms with E-state index in [1.54, 1.807) is 0 Å². The molecule has 10 rings (SSSR count). The average molecular weight is 671 g/mol. The van der Waals surface area contributed by atoms with Gasteiger partial charge in [-0.3, -0.25) is 4.90 Å². The summed E-state index contributed by atoms with van der Waals surface area (Å²) in [6.07, 6.45) is 0. The molecule has 0 aliphatic carbocycles. The van der Waals surface area contributed by atoms with E-state index in [2.05, 4.69) is 163 Å². The van der Waals surface area contributed by atoms with Gasteiger partial charge < -0.3 is 4.57 Å². The zero-order chi connectivity index (χ0) is 33.9. The summed E-state index contributed by atoms with van der Waals surface area (Å²) in [5, 5.41) is 4.82. The van der Waals surface area contributed by atoms with Crippen LogP contribution in [0.3, 0.4) is 0 Å². The lowest BCUT2D eigenvalue weighted by molar-refractivity contribution is 0.593. The minimum absolute atomic E-state index is 0.796. The maximum Gasteiger partial charge on any atom is 0.172 e. The first-order valence-corrected chi connectivity index (χ1v) is 19.0. The van der Waals surface area contributed by atoms with Crippen molar-refractivity contribution in [1.82, 2.24) is 4.98 Å². The van der Waals surface area contributed by atoms with Gasteiger partial charge in [0.05, 0.1) is 17.1 Å². The molecule has 0 saturated carbocycles. The van der Waals surface area contributed by atoms with Crippen molar-refractivity contribution in [2.75, 3.05) is 4.90 Å². The van der Waals surface area contributed by atoms with E-state index >= 15 is 4.57 Å². The highest BCUT2D eigenvalue weighted by Crippen LogP contribution is 2.68. The summed E-state index contributed by atoms with van der Waals surface area (Å²) in [5.41, 5.74) is 10.1. The number of hydrogen-bond acceptors (Lipinski definition) is 3. The van der Waals surface area contributed by atoms with Gasteiger partial charge in [-0.05, 0) is 57.8 Å². The van der Waals surface area contributed by atoms with Crippen molar-refractivity contribution in [3.05, 3.63) is 205 Å². The van der Waals surface area contributed by atoms with Crippen molar-refractivity contribution < 1.29 is 4.57 Å². The Balaban J connectivity index is 1.28. The summed E-state index contributed by atoms with van der Waals surface area (Å²) >= 11 is 0. The van der Waals surface area contributed by atoms with Crippen LogP contribution in [-0.2, 0) is 4.57 Å². The molecular formula is C47H31N2OP. The van der Waals surface area contributed by atoms with Crippen LogP contribution in [0.5, 0.6) is 0 Å². The van der Waals surface area contributed by atoms with Crippen LogP contribution in [0.25, 0.3) is 44.0 Å². The summed E-state index contributed by atoms with van der Waals surface area (Å²) in [4.78, 5) is 7.67. The van der Waals surface area contributed by atoms with Gasteiger partial charge in [0.15, 0.2) is 7.14 Å². The van der Waals surface area contributed by atoms with E-state index < -0.39 is 7.14 Å². The number of nitrogens with zero attached hydrogens (tertiary/aromatic N) is 2. The molecule has 3 heterocycles. The molecule has 8 aromatic rings. The summed E-state index contributed by atoms with van der Waals surface area (Å²) < 4.78 is 16.4. The van der Waals surface area contributed by atoms with E-state index in [1.807, 2.05) is 30.3 Å². The van der Waals surface area contributed by atoms with Crippen LogP contribution in [0, 0.1) is 0 Å². The zero-order valence-electron chi connectivity index (χ0n) is 27.6. The van der Waals surface area contributed by atoms with Gasteiger partial charge >= 0.3 is 0 Å². The molecule has 1 aromatic heterocycles. The largest absolute Gasteiger partial charge is 0.309 e. The fraction of sp³-hybridized carbons (Fsp3) is 0. The van der Waals surface area contributed by atoms with Crippen LogP contribution in [0.4, 0.5) is 17.2 Å². The third-order valence-electron chi connectivity index (χ3n) is 10.2. The van der Waals surface area contributed by atoms with Crippen molar-refractivity contribution >= 4 is 56.6 Å². The van der Waals surface area contributed by atoms with E-state index in [4.69, 9.17) is 4.98 Å². The standard InChI is InChI=1S/C47H31N2OP/c50-51(37-28-27-33-17-7-8-20-35(33)29-37)44-26-14-11-23-40(44)46-38-21-9-12-24-42(38)49(43-25-13-10-22-39(43)47(46)51)45-31-36(32-15-3-1-4-16-32)30-41(48-45)34-18-5-2-6-19-34/h1-31H. The monoisotopic (exact) mass is 670 g/mol. The van der Waals surface area contributed by atoms with Crippen molar-refractivity contribution in [1.29, 1.82) is 0 Å². The second-order valence-corrected chi connectivity index (χ2v) is 15.7. The van der Waals surface area contributed by atoms with Gasteiger partial charge in [-0.15, -0.1) is 0 Å². The Morgan fingerprint density at radius 3 is 1.80 bits per heavy atom.